The number of carbonyl (C=O) groups excluding carboxylic acids is 1. The highest BCUT2D eigenvalue weighted by Crippen LogP contribution is 2.24. The summed E-state index contributed by atoms with van der Waals surface area (Å²) in [5, 5.41) is 1.49. The molecular formula is C13H10O4S. The van der Waals surface area contributed by atoms with Crippen LogP contribution in [0.15, 0.2) is 47.4 Å². The molecule has 92 valence electrons. The van der Waals surface area contributed by atoms with Crippen LogP contribution < -0.4 is 0 Å². The lowest BCUT2D eigenvalue weighted by Crippen LogP contribution is -2.07. The zero-order valence-corrected chi connectivity index (χ0v) is 10.2. The van der Waals surface area contributed by atoms with Gasteiger partial charge in [-0.1, -0.05) is 36.4 Å². The summed E-state index contributed by atoms with van der Waals surface area (Å²) in [5.41, 5.74) is 0. The molecule has 18 heavy (non-hydrogen) atoms. The first kappa shape index (κ1) is 12.6. The number of sulfone groups is 1. The molecular weight excluding hydrogens is 252 g/mol. The van der Waals surface area contributed by atoms with E-state index in [-0.39, 0.29) is 11.5 Å². The Morgan fingerprint density at radius 1 is 1.11 bits per heavy atom. The van der Waals surface area contributed by atoms with E-state index in [0.717, 1.165) is 11.1 Å². The molecule has 0 bridgehead atoms. The van der Waals surface area contributed by atoms with Crippen molar-refractivity contribution in [3.05, 3.63) is 48.2 Å². The summed E-state index contributed by atoms with van der Waals surface area (Å²) in [6.07, 6.45) is 0. The molecule has 0 aliphatic carbocycles. The van der Waals surface area contributed by atoms with Crippen LogP contribution in [0.2, 0.25) is 0 Å². The minimum absolute atomic E-state index is 0.204. The predicted octanol–water partition coefficient (Wildman–Crippen LogP) is 1.86. The SMILES string of the molecule is O=[C]OC[CH]S(=O)(=O)c1cccc2ccccc12. The number of rotatable bonds is 5. The average molecular weight is 262 g/mol. The second-order valence-electron chi connectivity index (χ2n) is 3.58. The van der Waals surface area contributed by atoms with E-state index < -0.39 is 9.84 Å². The van der Waals surface area contributed by atoms with E-state index in [9.17, 15) is 13.2 Å². The third kappa shape index (κ3) is 2.51. The van der Waals surface area contributed by atoms with Gasteiger partial charge in [-0.15, -0.1) is 0 Å². The van der Waals surface area contributed by atoms with Crippen molar-refractivity contribution < 1.29 is 17.9 Å². The van der Waals surface area contributed by atoms with Crippen molar-refractivity contribution >= 4 is 27.1 Å². The van der Waals surface area contributed by atoms with Gasteiger partial charge < -0.3 is 4.74 Å². The molecule has 4 nitrogen and oxygen atoms in total. The van der Waals surface area contributed by atoms with E-state index in [1.54, 1.807) is 18.2 Å². The van der Waals surface area contributed by atoms with Crippen molar-refractivity contribution in [1.82, 2.24) is 0 Å². The highest BCUT2D eigenvalue weighted by molar-refractivity contribution is 7.93. The number of hydrogen-bond donors (Lipinski definition) is 0. The normalized spacial score (nSPS) is 11.3. The van der Waals surface area contributed by atoms with Crippen LogP contribution in [0.3, 0.4) is 0 Å². The van der Waals surface area contributed by atoms with Crippen molar-refractivity contribution in [1.29, 1.82) is 0 Å². The lowest BCUT2D eigenvalue weighted by molar-refractivity contribution is 0.308. The van der Waals surface area contributed by atoms with Gasteiger partial charge in [0.05, 0.1) is 4.90 Å². The van der Waals surface area contributed by atoms with Crippen molar-refractivity contribution in [3.63, 3.8) is 0 Å². The Balaban J connectivity index is 2.44. The molecule has 0 aromatic heterocycles. The molecule has 0 aliphatic heterocycles. The highest BCUT2D eigenvalue weighted by Gasteiger charge is 2.17. The monoisotopic (exact) mass is 262 g/mol. The van der Waals surface area contributed by atoms with Gasteiger partial charge in [0.2, 0.25) is 0 Å². The summed E-state index contributed by atoms with van der Waals surface area (Å²) in [4.78, 5) is 10.1. The van der Waals surface area contributed by atoms with Crippen LogP contribution in [0.25, 0.3) is 10.8 Å². The standard InChI is InChI=1S/C13H10O4S/c14-10-17-8-9-18(15,16)13-7-3-5-11-4-1-2-6-12(11)13/h1-7,9H,8H2. The highest BCUT2D eigenvalue weighted by atomic mass is 32.2. The molecule has 0 atom stereocenters. The van der Waals surface area contributed by atoms with Crippen LogP contribution in [0.4, 0.5) is 0 Å². The molecule has 0 unspecified atom stereocenters. The number of benzene rings is 2. The molecule has 2 aromatic rings. The third-order valence-electron chi connectivity index (χ3n) is 2.49. The van der Waals surface area contributed by atoms with Gasteiger partial charge in [0, 0.05) is 5.39 Å². The molecule has 0 heterocycles. The van der Waals surface area contributed by atoms with Crippen molar-refractivity contribution in [3.8, 4) is 0 Å². The van der Waals surface area contributed by atoms with Gasteiger partial charge in [-0.3, -0.25) is 0 Å². The average Bonchev–Trinajstić information content (AvgIpc) is 2.38. The van der Waals surface area contributed by atoms with Crippen LogP contribution in [0.5, 0.6) is 0 Å². The van der Waals surface area contributed by atoms with Gasteiger partial charge >= 0.3 is 6.47 Å². The fourth-order valence-electron chi connectivity index (χ4n) is 1.69. The molecule has 0 spiro atoms. The van der Waals surface area contributed by atoms with Gasteiger partial charge in [0.25, 0.3) is 0 Å². The van der Waals surface area contributed by atoms with Crippen LogP contribution >= 0.6 is 0 Å². The summed E-state index contributed by atoms with van der Waals surface area (Å²) in [7, 11) is -3.59. The molecule has 0 saturated carbocycles. The summed E-state index contributed by atoms with van der Waals surface area (Å²) in [6.45, 7) is 0.873. The van der Waals surface area contributed by atoms with E-state index in [2.05, 4.69) is 4.74 Å². The summed E-state index contributed by atoms with van der Waals surface area (Å²) in [5.74, 6) is 0.958. The van der Waals surface area contributed by atoms with Gasteiger partial charge in [-0.05, 0) is 11.5 Å². The molecule has 2 rings (SSSR count). The zero-order valence-electron chi connectivity index (χ0n) is 9.37. The largest absolute Gasteiger partial charge is 0.456 e. The van der Waals surface area contributed by atoms with Crippen molar-refractivity contribution in [2.75, 3.05) is 6.61 Å². The van der Waals surface area contributed by atoms with E-state index in [1.165, 1.54) is 12.5 Å². The van der Waals surface area contributed by atoms with E-state index in [0.29, 0.717) is 5.39 Å². The minimum Gasteiger partial charge on any atom is -0.456 e. The smallest absolute Gasteiger partial charge is 0.417 e. The van der Waals surface area contributed by atoms with E-state index in [1.807, 2.05) is 18.2 Å². The van der Waals surface area contributed by atoms with Crippen molar-refractivity contribution in [2.45, 2.75) is 4.90 Å². The Morgan fingerprint density at radius 2 is 1.83 bits per heavy atom. The lowest BCUT2D eigenvalue weighted by atomic mass is 10.1. The first-order chi connectivity index (χ1) is 8.65. The molecule has 0 N–H and O–H groups in total. The number of hydrogen-bond acceptors (Lipinski definition) is 4. The molecule has 0 amide bonds. The van der Waals surface area contributed by atoms with Crippen LogP contribution in [0.1, 0.15) is 0 Å². The first-order valence-electron chi connectivity index (χ1n) is 5.20. The molecule has 0 saturated heterocycles. The predicted molar refractivity (Wildman–Crippen MR) is 67.1 cm³/mol. The Hall–Kier alpha value is -1.88. The Morgan fingerprint density at radius 3 is 2.61 bits per heavy atom. The van der Waals surface area contributed by atoms with Gasteiger partial charge in [-0.25, -0.2) is 13.2 Å². The fourth-order valence-corrected chi connectivity index (χ4v) is 2.88. The lowest BCUT2D eigenvalue weighted by Gasteiger charge is -2.06. The summed E-state index contributed by atoms with van der Waals surface area (Å²) < 4.78 is 28.4. The van der Waals surface area contributed by atoms with Gasteiger partial charge in [0.15, 0.2) is 9.84 Å². The second kappa shape index (κ2) is 5.18. The van der Waals surface area contributed by atoms with Gasteiger partial charge in [0.1, 0.15) is 12.4 Å². The summed E-state index contributed by atoms with van der Waals surface area (Å²) >= 11 is 0. The molecule has 5 heteroatoms. The maximum Gasteiger partial charge on any atom is 0.417 e. The topological polar surface area (TPSA) is 60.4 Å². The van der Waals surface area contributed by atoms with Crippen LogP contribution in [0, 0.1) is 5.75 Å². The molecule has 2 aromatic carbocycles. The number of ether oxygens (including phenoxy) is 1. The Kier molecular flexibility index (Phi) is 3.62. The summed E-state index contributed by atoms with van der Waals surface area (Å²) in [6, 6.07) is 12.2. The van der Waals surface area contributed by atoms with Gasteiger partial charge in [-0.2, -0.15) is 0 Å². The quantitative estimate of drug-likeness (QED) is 0.772. The Bertz CT molecular complexity index is 656. The zero-order chi connectivity index (χ0) is 13.0. The van der Waals surface area contributed by atoms with Crippen LogP contribution in [-0.2, 0) is 19.4 Å². The fraction of sp³-hybridized carbons (Fsp3) is 0.0769. The number of fused-ring (bicyclic) bond motifs is 1. The first-order valence-corrected chi connectivity index (χ1v) is 6.75. The minimum atomic E-state index is -3.59. The molecule has 0 fully saturated rings. The molecule has 2 radical (unpaired) electrons. The Labute approximate surface area is 105 Å². The van der Waals surface area contributed by atoms with Crippen molar-refractivity contribution in [2.24, 2.45) is 0 Å². The maximum absolute atomic E-state index is 12.1. The van der Waals surface area contributed by atoms with E-state index in [4.69, 9.17) is 0 Å². The third-order valence-corrected chi connectivity index (χ3v) is 4.03. The van der Waals surface area contributed by atoms with Crippen LogP contribution in [-0.4, -0.2) is 21.5 Å². The maximum atomic E-state index is 12.1. The van der Waals surface area contributed by atoms with E-state index >= 15 is 0 Å². The molecule has 0 aliphatic rings. The second-order valence-corrected chi connectivity index (χ2v) is 5.45.